The van der Waals surface area contributed by atoms with Crippen molar-refractivity contribution in [3.05, 3.63) is 0 Å². The highest BCUT2D eigenvalue weighted by atomic mass is 16.4. The van der Waals surface area contributed by atoms with Gasteiger partial charge >= 0.3 is 5.97 Å². The standard InChI is InChI=1S/C15H27NO2/c1-3-9-15(14(17)18)10-6-11-16(15)13-8-5-4-7-12(13)2/h12-13H,3-11H2,1-2H3,(H,17,18). The van der Waals surface area contributed by atoms with E-state index in [-0.39, 0.29) is 0 Å². The second kappa shape index (κ2) is 5.60. The molecule has 1 N–H and O–H groups in total. The van der Waals surface area contributed by atoms with Crippen LogP contribution in [0.15, 0.2) is 0 Å². The summed E-state index contributed by atoms with van der Waals surface area (Å²) in [5.41, 5.74) is -0.551. The van der Waals surface area contributed by atoms with Crippen LogP contribution < -0.4 is 0 Å². The van der Waals surface area contributed by atoms with Crippen LogP contribution >= 0.6 is 0 Å². The minimum absolute atomic E-state index is 0.504. The maximum atomic E-state index is 11.8. The van der Waals surface area contributed by atoms with Crippen molar-refractivity contribution in [1.29, 1.82) is 0 Å². The lowest BCUT2D eigenvalue weighted by molar-refractivity contribution is -0.153. The topological polar surface area (TPSA) is 40.5 Å². The third-order valence-corrected chi connectivity index (χ3v) is 5.07. The molecule has 1 saturated heterocycles. The quantitative estimate of drug-likeness (QED) is 0.836. The predicted octanol–water partition coefficient (Wildman–Crippen LogP) is 3.28. The van der Waals surface area contributed by atoms with Crippen molar-refractivity contribution in [2.75, 3.05) is 6.54 Å². The average molecular weight is 253 g/mol. The van der Waals surface area contributed by atoms with Gasteiger partial charge in [-0.3, -0.25) is 9.69 Å². The van der Waals surface area contributed by atoms with Crippen LogP contribution in [-0.2, 0) is 4.79 Å². The number of carboxylic acid groups (broad SMARTS) is 1. The lowest BCUT2D eigenvalue weighted by Gasteiger charge is -2.44. The van der Waals surface area contributed by atoms with Gasteiger partial charge in [-0.05, 0) is 44.6 Å². The lowest BCUT2D eigenvalue weighted by atomic mass is 9.81. The second-order valence-corrected chi connectivity index (χ2v) is 6.21. The van der Waals surface area contributed by atoms with Gasteiger partial charge in [0.05, 0.1) is 0 Å². The summed E-state index contributed by atoms with van der Waals surface area (Å²) in [7, 11) is 0. The van der Waals surface area contributed by atoms with Crippen LogP contribution in [0.5, 0.6) is 0 Å². The van der Waals surface area contributed by atoms with Crippen molar-refractivity contribution in [1.82, 2.24) is 4.90 Å². The van der Waals surface area contributed by atoms with Crippen LogP contribution in [0.25, 0.3) is 0 Å². The summed E-state index contributed by atoms with van der Waals surface area (Å²) >= 11 is 0. The number of carbonyl (C=O) groups is 1. The molecule has 1 heterocycles. The van der Waals surface area contributed by atoms with Gasteiger partial charge in [0.1, 0.15) is 5.54 Å². The van der Waals surface area contributed by atoms with Crippen LogP contribution in [0.2, 0.25) is 0 Å². The Morgan fingerprint density at radius 3 is 2.67 bits per heavy atom. The fraction of sp³-hybridized carbons (Fsp3) is 0.933. The first kappa shape index (κ1) is 13.9. The Kier molecular flexibility index (Phi) is 4.31. The molecule has 2 fully saturated rings. The molecule has 0 spiro atoms. The zero-order valence-electron chi connectivity index (χ0n) is 11.8. The summed E-state index contributed by atoms with van der Waals surface area (Å²) in [4.78, 5) is 14.2. The predicted molar refractivity (Wildman–Crippen MR) is 72.6 cm³/mol. The maximum absolute atomic E-state index is 11.8. The Hall–Kier alpha value is -0.570. The average Bonchev–Trinajstić information content (AvgIpc) is 2.75. The van der Waals surface area contributed by atoms with E-state index in [9.17, 15) is 9.90 Å². The molecular weight excluding hydrogens is 226 g/mol. The van der Waals surface area contributed by atoms with Gasteiger partial charge in [-0.1, -0.05) is 33.1 Å². The zero-order valence-corrected chi connectivity index (χ0v) is 11.8. The Morgan fingerprint density at radius 1 is 1.33 bits per heavy atom. The number of aliphatic carboxylic acids is 1. The van der Waals surface area contributed by atoms with Gasteiger partial charge in [0.15, 0.2) is 0 Å². The number of hydrogen-bond donors (Lipinski definition) is 1. The van der Waals surface area contributed by atoms with E-state index in [1.54, 1.807) is 0 Å². The molecule has 0 aromatic rings. The van der Waals surface area contributed by atoms with Gasteiger partial charge in [0, 0.05) is 6.04 Å². The fourth-order valence-corrected chi connectivity index (χ4v) is 4.16. The van der Waals surface area contributed by atoms with E-state index in [0.717, 1.165) is 32.2 Å². The van der Waals surface area contributed by atoms with Crippen molar-refractivity contribution in [2.24, 2.45) is 5.92 Å². The summed E-state index contributed by atoms with van der Waals surface area (Å²) in [6, 6.07) is 0.504. The van der Waals surface area contributed by atoms with Crippen LogP contribution in [0, 0.1) is 5.92 Å². The number of likely N-dealkylation sites (tertiary alicyclic amines) is 1. The molecule has 104 valence electrons. The molecule has 1 aliphatic carbocycles. The Morgan fingerprint density at radius 2 is 2.06 bits per heavy atom. The van der Waals surface area contributed by atoms with E-state index < -0.39 is 11.5 Å². The molecule has 3 atom stereocenters. The highest BCUT2D eigenvalue weighted by molar-refractivity contribution is 5.79. The third-order valence-electron chi connectivity index (χ3n) is 5.07. The molecule has 2 aliphatic rings. The molecule has 3 nitrogen and oxygen atoms in total. The molecule has 1 saturated carbocycles. The van der Waals surface area contributed by atoms with E-state index >= 15 is 0 Å². The van der Waals surface area contributed by atoms with Crippen molar-refractivity contribution in [3.63, 3.8) is 0 Å². The van der Waals surface area contributed by atoms with Crippen molar-refractivity contribution in [2.45, 2.75) is 76.8 Å². The Balaban J connectivity index is 2.21. The largest absolute Gasteiger partial charge is 0.480 e. The molecule has 1 aliphatic heterocycles. The molecule has 2 rings (SSSR count). The first-order valence-electron chi connectivity index (χ1n) is 7.62. The molecule has 0 aromatic carbocycles. The molecule has 0 bridgehead atoms. The van der Waals surface area contributed by atoms with Gasteiger partial charge in [-0.25, -0.2) is 0 Å². The highest BCUT2D eigenvalue weighted by Gasteiger charge is 2.50. The fourth-order valence-electron chi connectivity index (χ4n) is 4.16. The van der Waals surface area contributed by atoms with Crippen LogP contribution in [-0.4, -0.2) is 34.1 Å². The Labute approximate surface area is 111 Å². The van der Waals surface area contributed by atoms with Gasteiger partial charge in [0.2, 0.25) is 0 Å². The molecular formula is C15H27NO2. The van der Waals surface area contributed by atoms with Crippen LogP contribution in [0.4, 0.5) is 0 Å². The van der Waals surface area contributed by atoms with Crippen molar-refractivity contribution in [3.8, 4) is 0 Å². The summed E-state index contributed by atoms with van der Waals surface area (Å²) in [5, 5.41) is 9.74. The van der Waals surface area contributed by atoms with Gasteiger partial charge in [-0.15, -0.1) is 0 Å². The normalized spacial score (nSPS) is 37.9. The number of hydrogen-bond acceptors (Lipinski definition) is 2. The summed E-state index contributed by atoms with van der Waals surface area (Å²) in [6.07, 6.45) is 8.72. The van der Waals surface area contributed by atoms with E-state index in [4.69, 9.17) is 0 Å². The highest BCUT2D eigenvalue weighted by Crippen LogP contribution is 2.40. The summed E-state index contributed by atoms with van der Waals surface area (Å²) in [5.74, 6) is 0.0760. The smallest absolute Gasteiger partial charge is 0.324 e. The van der Waals surface area contributed by atoms with Crippen molar-refractivity contribution < 1.29 is 9.90 Å². The molecule has 0 amide bonds. The molecule has 18 heavy (non-hydrogen) atoms. The first-order chi connectivity index (χ1) is 8.62. The van der Waals surface area contributed by atoms with E-state index in [0.29, 0.717) is 12.0 Å². The van der Waals surface area contributed by atoms with Gasteiger partial charge in [0.25, 0.3) is 0 Å². The van der Waals surface area contributed by atoms with Gasteiger partial charge < -0.3 is 5.11 Å². The lowest BCUT2D eigenvalue weighted by Crippen LogP contribution is -2.56. The minimum Gasteiger partial charge on any atom is -0.480 e. The maximum Gasteiger partial charge on any atom is 0.324 e. The van der Waals surface area contributed by atoms with Gasteiger partial charge in [-0.2, -0.15) is 0 Å². The van der Waals surface area contributed by atoms with Crippen LogP contribution in [0.1, 0.15) is 65.2 Å². The number of rotatable bonds is 4. The zero-order chi connectivity index (χ0) is 13.2. The third kappa shape index (κ3) is 2.29. The van der Waals surface area contributed by atoms with E-state index in [1.165, 1.54) is 25.7 Å². The minimum atomic E-state index is -0.584. The first-order valence-corrected chi connectivity index (χ1v) is 7.62. The summed E-state index contributed by atoms with van der Waals surface area (Å²) < 4.78 is 0. The van der Waals surface area contributed by atoms with E-state index in [1.807, 2.05) is 0 Å². The van der Waals surface area contributed by atoms with E-state index in [2.05, 4.69) is 18.7 Å². The number of nitrogens with zero attached hydrogens (tertiary/aromatic N) is 1. The summed E-state index contributed by atoms with van der Waals surface area (Å²) in [6.45, 7) is 5.40. The van der Waals surface area contributed by atoms with Crippen LogP contribution in [0.3, 0.4) is 0 Å². The van der Waals surface area contributed by atoms with Crippen molar-refractivity contribution >= 4 is 5.97 Å². The SMILES string of the molecule is CCCC1(C(=O)O)CCCN1C1CCCCC1C. The molecule has 0 radical (unpaired) electrons. The monoisotopic (exact) mass is 253 g/mol. The number of carboxylic acids is 1. The molecule has 3 heteroatoms. The second-order valence-electron chi connectivity index (χ2n) is 6.21. The molecule has 0 aromatic heterocycles. The molecule has 3 unspecified atom stereocenters. The Bertz CT molecular complexity index is 305.